The lowest BCUT2D eigenvalue weighted by atomic mass is 9.82. The molecule has 0 amide bonds. The maximum atomic E-state index is 13.9. The molecule has 1 heterocycles. The molecule has 1 fully saturated rings. The summed E-state index contributed by atoms with van der Waals surface area (Å²) in [5.41, 5.74) is 4.65. The van der Waals surface area contributed by atoms with Gasteiger partial charge >= 0.3 is 5.97 Å². The molecule has 0 radical (unpaired) electrons. The standard InChI is InChI=1S/C27H36FNO2/c1-18(2)5-12-25(24-11-10-23(28)15-20(24)4)29-14-13-21(17-27(30)31)16-26(29)22-8-6-19(3)7-9-22/h6-11,15,18,21,25-26H,5,12-14,16-17H2,1-4H3,(H,30,31)/t21-,25-,26+/m1/s1. The molecule has 0 bridgehead atoms. The van der Waals surface area contributed by atoms with Crippen LogP contribution in [0.15, 0.2) is 42.5 Å². The van der Waals surface area contributed by atoms with Crippen molar-refractivity contribution in [2.24, 2.45) is 11.8 Å². The van der Waals surface area contributed by atoms with E-state index in [0.29, 0.717) is 5.92 Å². The largest absolute Gasteiger partial charge is 0.481 e. The number of benzene rings is 2. The highest BCUT2D eigenvalue weighted by molar-refractivity contribution is 5.67. The van der Waals surface area contributed by atoms with E-state index in [1.165, 1.54) is 16.7 Å². The lowest BCUT2D eigenvalue weighted by Crippen LogP contribution is -2.40. The normalized spacial score (nSPS) is 20.7. The molecule has 3 rings (SSSR count). The minimum absolute atomic E-state index is 0.167. The summed E-state index contributed by atoms with van der Waals surface area (Å²) in [7, 11) is 0. The van der Waals surface area contributed by atoms with Gasteiger partial charge in [0.25, 0.3) is 0 Å². The van der Waals surface area contributed by atoms with Crippen LogP contribution in [0, 0.1) is 31.5 Å². The molecule has 3 atom stereocenters. The average molecular weight is 426 g/mol. The maximum absolute atomic E-state index is 13.9. The Morgan fingerprint density at radius 2 is 1.84 bits per heavy atom. The van der Waals surface area contributed by atoms with Crippen LogP contribution >= 0.6 is 0 Å². The highest BCUT2D eigenvalue weighted by Crippen LogP contribution is 2.43. The first-order valence-electron chi connectivity index (χ1n) is 11.5. The summed E-state index contributed by atoms with van der Waals surface area (Å²) in [6.45, 7) is 9.42. The zero-order valence-corrected chi connectivity index (χ0v) is 19.3. The number of hydrogen-bond donors (Lipinski definition) is 1. The number of hydrogen-bond acceptors (Lipinski definition) is 2. The second-order valence-corrected chi connectivity index (χ2v) is 9.64. The molecular formula is C27H36FNO2. The first-order chi connectivity index (χ1) is 14.7. The molecule has 1 N–H and O–H groups in total. The third-order valence-electron chi connectivity index (χ3n) is 6.69. The van der Waals surface area contributed by atoms with Gasteiger partial charge in [-0.1, -0.05) is 49.7 Å². The minimum atomic E-state index is -0.716. The molecule has 3 nitrogen and oxygen atoms in total. The van der Waals surface area contributed by atoms with Gasteiger partial charge < -0.3 is 5.11 Å². The zero-order chi connectivity index (χ0) is 22.5. The Morgan fingerprint density at radius 3 is 2.45 bits per heavy atom. The fourth-order valence-corrected chi connectivity index (χ4v) is 4.98. The number of rotatable bonds is 8. The number of carboxylic acids is 1. The van der Waals surface area contributed by atoms with E-state index in [0.717, 1.165) is 37.8 Å². The van der Waals surface area contributed by atoms with Crippen molar-refractivity contribution < 1.29 is 14.3 Å². The lowest BCUT2D eigenvalue weighted by Gasteiger charge is -2.45. The van der Waals surface area contributed by atoms with Gasteiger partial charge in [-0.15, -0.1) is 0 Å². The molecule has 0 aliphatic carbocycles. The van der Waals surface area contributed by atoms with Crippen molar-refractivity contribution in [3.8, 4) is 0 Å². The molecule has 168 valence electrons. The summed E-state index contributed by atoms with van der Waals surface area (Å²) in [5, 5.41) is 9.37. The predicted octanol–water partition coefficient (Wildman–Crippen LogP) is 6.85. The molecule has 4 heteroatoms. The van der Waals surface area contributed by atoms with Gasteiger partial charge in [0, 0.05) is 18.5 Å². The van der Waals surface area contributed by atoms with Crippen molar-refractivity contribution in [3.63, 3.8) is 0 Å². The van der Waals surface area contributed by atoms with E-state index in [1.807, 2.05) is 13.0 Å². The van der Waals surface area contributed by atoms with E-state index < -0.39 is 5.97 Å². The molecular weight excluding hydrogens is 389 g/mol. The maximum Gasteiger partial charge on any atom is 0.303 e. The van der Waals surface area contributed by atoms with Gasteiger partial charge in [-0.25, -0.2) is 4.39 Å². The van der Waals surface area contributed by atoms with Crippen LogP contribution < -0.4 is 0 Å². The number of aryl methyl sites for hydroxylation is 2. The van der Waals surface area contributed by atoms with Crippen molar-refractivity contribution in [2.75, 3.05) is 6.54 Å². The first kappa shape index (κ1) is 23.5. The fraction of sp³-hybridized carbons (Fsp3) is 0.519. The van der Waals surface area contributed by atoms with E-state index in [1.54, 1.807) is 12.1 Å². The molecule has 1 saturated heterocycles. The second kappa shape index (κ2) is 10.4. The van der Waals surface area contributed by atoms with Crippen molar-refractivity contribution in [3.05, 3.63) is 70.5 Å². The second-order valence-electron chi connectivity index (χ2n) is 9.64. The molecule has 2 aromatic rings. The summed E-state index contributed by atoms with van der Waals surface area (Å²) in [4.78, 5) is 14.0. The van der Waals surface area contributed by atoms with Crippen LogP contribution in [0.4, 0.5) is 4.39 Å². The highest BCUT2D eigenvalue weighted by Gasteiger charge is 2.35. The highest BCUT2D eigenvalue weighted by atomic mass is 19.1. The summed E-state index contributed by atoms with van der Waals surface area (Å²) in [6.07, 6.45) is 4.05. The third-order valence-corrected chi connectivity index (χ3v) is 6.69. The summed E-state index contributed by atoms with van der Waals surface area (Å²) in [6, 6.07) is 14.2. The van der Waals surface area contributed by atoms with Crippen molar-refractivity contribution in [1.82, 2.24) is 4.90 Å². The molecule has 0 aromatic heterocycles. The van der Waals surface area contributed by atoms with E-state index in [2.05, 4.69) is 49.9 Å². The predicted molar refractivity (Wildman–Crippen MR) is 124 cm³/mol. The molecule has 2 aromatic carbocycles. The Morgan fingerprint density at radius 1 is 1.13 bits per heavy atom. The molecule has 0 unspecified atom stereocenters. The Labute approximate surface area is 186 Å². The fourth-order valence-electron chi connectivity index (χ4n) is 4.98. The molecule has 31 heavy (non-hydrogen) atoms. The Balaban J connectivity index is 1.98. The van der Waals surface area contributed by atoms with Crippen LogP contribution in [-0.2, 0) is 4.79 Å². The van der Waals surface area contributed by atoms with E-state index in [4.69, 9.17) is 0 Å². The quantitative estimate of drug-likeness (QED) is 0.503. The Bertz CT molecular complexity index is 877. The number of piperidine rings is 1. The molecule has 1 aliphatic heterocycles. The molecule has 0 saturated carbocycles. The monoisotopic (exact) mass is 425 g/mol. The summed E-state index contributed by atoms with van der Waals surface area (Å²) >= 11 is 0. The van der Waals surface area contributed by atoms with E-state index >= 15 is 0 Å². The van der Waals surface area contributed by atoms with Crippen LogP contribution in [-0.4, -0.2) is 22.5 Å². The van der Waals surface area contributed by atoms with Crippen LogP contribution in [0.5, 0.6) is 0 Å². The zero-order valence-electron chi connectivity index (χ0n) is 19.3. The number of carboxylic acid groups (broad SMARTS) is 1. The number of nitrogens with zero attached hydrogens (tertiary/aromatic N) is 1. The number of halogens is 1. The first-order valence-corrected chi connectivity index (χ1v) is 11.5. The molecule has 0 spiro atoms. The smallest absolute Gasteiger partial charge is 0.303 e. The molecule has 1 aliphatic rings. The minimum Gasteiger partial charge on any atom is -0.481 e. The number of carbonyl (C=O) groups is 1. The van der Waals surface area contributed by atoms with Crippen LogP contribution in [0.2, 0.25) is 0 Å². The van der Waals surface area contributed by atoms with E-state index in [-0.39, 0.29) is 30.2 Å². The lowest BCUT2D eigenvalue weighted by molar-refractivity contribution is -0.138. The van der Waals surface area contributed by atoms with Gasteiger partial charge in [-0.3, -0.25) is 9.69 Å². The van der Waals surface area contributed by atoms with Gasteiger partial charge in [-0.05, 0) is 86.7 Å². The Kier molecular flexibility index (Phi) is 7.88. The third kappa shape index (κ3) is 6.16. The number of aliphatic carboxylic acids is 1. The van der Waals surface area contributed by atoms with Crippen LogP contribution in [0.25, 0.3) is 0 Å². The van der Waals surface area contributed by atoms with Crippen molar-refractivity contribution in [1.29, 1.82) is 0 Å². The summed E-state index contributed by atoms with van der Waals surface area (Å²) < 4.78 is 13.9. The van der Waals surface area contributed by atoms with Gasteiger partial charge in [0.05, 0.1) is 0 Å². The topological polar surface area (TPSA) is 40.5 Å². The van der Waals surface area contributed by atoms with Crippen molar-refractivity contribution in [2.45, 2.75) is 71.9 Å². The van der Waals surface area contributed by atoms with E-state index in [9.17, 15) is 14.3 Å². The van der Waals surface area contributed by atoms with Gasteiger partial charge in [-0.2, -0.15) is 0 Å². The van der Waals surface area contributed by atoms with Crippen LogP contribution in [0.3, 0.4) is 0 Å². The van der Waals surface area contributed by atoms with Gasteiger partial charge in [0.2, 0.25) is 0 Å². The van der Waals surface area contributed by atoms with Crippen LogP contribution in [0.1, 0.15) is 80.3 Å². The summed E-state index contributed by atoms with van der Waals surface area (Å²) in [5.74, 6) is -0.142. The van der Waals surface area contributed by atoms with Gasteiger partial charge in [0.1, 0.15) is 5.82 Å². The average Bonchev–Trinajstić information content (AvgIpc) is 2.70. The Hall–Kier alpha value is -2.20. The number of likely N-dealkylation sites (tertiary alicyclic amines) is 1. The SMILES string of the molecule is Cc1ccc([C@@H]2C[C@H](CC(=O)O)CCN2[C@H](CCC(C)C)c2ccc(F)cc2C)cc1. The van der Waals surface area contributed by atoms with Gasteiger partial charge in [0.15, 0.2) is 0 Å². The van der Waals surface area contributed by atoms with Crippen molar-refractivity contribution >= 4 is 5.97 Å².